The third kappa shape index (κ3) is 3.45. The summed E-state index contributed by atoms with van der Waals surface area (Å²) in [5.41, 5.74) is 3.76. The Bertz CT molecular complexity index is 667. The van der Waals surface area contributed by atoms with Gasteiger partial charge in [0.15, 0.2) is 0 Å². The van der Waals surface area contributed by atoms with E-state index >= 15 is 0 Å². The number of rotatable bonds is 3. The fraction of sp³-hybridized carbons (Fsp3) is 0.429. The number of hydrogen-bond donors (Lipinski definition) is 0. The molecule has 0 aliphatic heterocycles. The molecule has 23 heavy (non-hydrogen) atoms. The normalized spacial score (nSPS) is 21.4. The number of aryl methyl sites for hydroxylation is 1. The SMILES string of the molecule is CCC1CCC(c2ccc(-c3ccc(C)c(F)c3Cl)cc2)CC1. The molecule has 0 heterocycles. The van der Waals surface area contributed by atoms with Gasteiger partial charge in [-0.2, -0.15) is 0 Å². The summed E-state index contributed by atoms with van der Waals surface area (Å²) in [4.78, 5) is 0. The van der Waals surface area contributed by atoms with Crippen LogP contribution in [0.1, 0.15) is 56.1 Å². The molecule has 2 heteroatoms. The highest BCUT2D eigenvalue weighted by atomic mass is 35.5. The van der Waals surface area contributed by atoms with Gasteiger partial charge in [0.25, 0.3) is 0 Å². The van der Waals surface area contributed by atoms with Gasteiger partial charge in [-0.1, -0.05) is 61.3 Å². The molecule has 1 saturated carbocycles. The van der Waals surface area contributed by atoms with Crippen LogP contribution < -0.4 is 0 Å². The van der Waals surface area contributed by atoms with Crippen molar-refractivity contribution in [2.45, 2.75) is 51.9 Å². The zero-order valence-corrected chi connectivity index (χ0v) is 14.7. The number of halogens is 2. The summed E-state index contributed by atoms with van der Waals surface area (Å²) < 4.78 is 14.0. The van der Waals surface area contributed by atoms with Crippen LogP contribution in [0.2, 0.25) is 5.02 Å². The van der Waals surface area contributed by atoms with E-state index in [-0.39, 0.29) is 10.8 Å². The average molecular weight is 331 g/mol. The minimum Gasteiger partial charge on any atom is -0.205 e. The second-order valence-electron chi connectivity index (χ2n) is 6.81. The van der Waals surface area contributed by atoms with Gasteiger partial charge in [-0.3, -0.25) is 0 Å². The van der Waals surface area contributed by atoms with E-state index in [9.17, 15) is 4.39 Å². The van der Waals surface area contributed by atoms with Crippen molar-refractivity contribution in [3.05, 3.63) is 58.4 Å². The van der Waals surface area contributed by atoms with Crippen LogP contribution in [-0.4, -0.2) is 0 Å². The van der Waals surface area contributed by atoms with Crippen molar-refractivity contribution >= 4 is 11.6 Å². The molecule has 1 aliphatic rings. The predicted molar refractivity (Wildman–Crippen MR) is 96.6 cm³/mol. The smallest absolute Gasteiger partial charge is 0.145 e. The summed E-state index contributed by atoms with van der Waals surface area (Å²) >= 11 is 6.18. The number of benzene rings is 2. The van der Waals surface area contributed by atoms with Crippen molar-refractivity contribution in [1.29, 1.82) is 0 Å². The summed E-state index contributed by atoms with van der Waals surface area (Å²) in [6.07, 6.45) is 6.58. The molecule has 0 N–H and O–H groups in total. The van der Waals surface area contributed by atoms with Gasteiger partial charge in [-0.05, 0) is 61.1 Å². The third-order valence-electron chi connectivity index (χ3n) is 5.39. The minimum absolute atomic E-state index is 0.223. The van der Waals surface area contributed by atoms with Gasteiger partial charge in [0.05, 0.1) is 5.02 Å². The summed E-state index contributed by atoms with van der Waals surface area (Å²) in [6.45, 7) is 4.03. The van der Waals surface area contributed by atoms with Crippen LogP contribution in [0.4, 0.5) is 4.39 Å². The Morgan fingerprint density at radius 3 is 2.26 bits per heavy atom. The van der Waals surface area contributed by atoms with Crippen LogP contribution in [0.5, 0.6) is 0 Å². The molecule has 0 aromatic heterocycles. The Morgan fingerprint density at radius 2 is 1.65 bits per heavy atom. The molecule has 0 atom stereocenters. The number of hydrogen-bond acceptors (Lipinski definition) is 0. The molecule has 2 aromatic rings. The lowest BCUT2D eigenvalue weighted by atomic mass is 9.77. The first-order chi connectivity index (χ1) is 11.1. The van der Waals surface area contributed by atoms with Gasteiger partial charge < -0.3 is 0 Å². The van der Waals surface area contributed by atoms with E-state index in [4.69, 9.17) is 11.6 Å². The van der Waals surface area contributed by atoms with Crippen LogP contribution in [-0.2, 0) is 0 Å². The van der Waals surface area contributed by atoms with Crippen molar-refractivity contribution in [3.8, 4) is 11.1 Å². The topological polar surface area (TPSA) is 0 Å². The molecule has 2 aromatic carbocycles. The summed E-state index contributed by atoms with van der Waals surface area (Å²) in [5, 5.41) is 0.223. The highest BCUT2D eigenvalue weighted by Crippen LogP contribution is 2.38. The van der Waals surface area contributed by atoms with E-state index in [0.29, 0.717) is 11.5 Å². The third-order valence-corrected chi connectivity index (χ3v) is 5.76. The van der Waals surface area contributed by atoms with Gasteiger partial charge >= 0.3 is 0 Å². The maximum Gasteiger partial charge on any atom is 0.145 e. The lowest BCUT2D eigenvalue weighted by Gasteiger charge is -2.28. The molecule has 1 fully saturated rings. The van der Waals surface area contributed by atoms with Crippen LogP contribution >= 0.6 is 11.6 Å². The highest BCUT2D eigenvalue weighted by molar-refractivity contribution is 6.33. The highest BCUT2D eigenvalue weighted by Gasteiger charge is 2.21. The van der Waals surface area contributed by atoms with E-state index in [2.05, 4.69) is 31.2 Å². The molecule has 122 valence electrons. The maximum absolute atomic E-state index is 14.0. The van der Waals surface area contributed by atoms with Gasteiger partial charge in [-0.25, -0.2) is 4.39 Å². The first-order valence-corrected chi connectivity index (χ1v) is 9.03. The lowest BCUT2D eigenvalue weighted by molar-refractivity contribution is 0.319. The van der Waals surface area contributed by atoms with Gasteiger partial charge in [0.2, 0.25) is 0 Å². The van der Waals surface area contributed by atoms with Gasteiger partial charge in [-0.15, -0.1) is 0 Å². The molecule has 0 bridgehead atoms. The Balaban J connectivity index is 1.79. The van der Waals surface area contributed by atoms with E-state index < -0.39 is 0 Å². The monoisotopic (exact) mass is 330 g/mol. The van der Waals surface area contributed by atoms with E-state index in [0.717, 1.165) is 17.0 Å². The molecule has 3 rings (SSSR count). The standard InChI is InChI=1S/C21H24ClF/c1-3-15-5-7-16(8-6-15)17-9-11-18(12-10-17)19-13-4-14(2)21(23)20(19)22/h4,9-13,15-16H,3,5-8H2,1-2H3. The lowest BCUT2D eigenvalue weighted by Crippen LogP contribution is -2.12. The van der Waals surface area contributed by atoms with Gasteiger partial charge in [0, 0.05) is 5.56 Å². The zero-order chi connectivity index (χ0) is 16.4. The van der Waals surface area contributed by atoms with Gasteiger partial charge in [0.1, 0.15) is 5.82 Å². The van der Waals surface area contributed by atoms with Crippen molar-refractivity contribution in [2.75, 3.05) is 0 Å². The fourth-order valence-electron chi connectivity index (χ4n) is 3.71. The van der Waals surface area contributed by atoms with Crippen molar-refractivity contribution < 1.29 is 4.39 Å². The summed E-state index contributed by atoms with van der Waals surface area (Å²) in [5.74, 6) is 1.28. The Morgan fingerprint density at radius 1 is 1.00 bits per heavy atom. The second-order valence-corrected chi connectivity index (χ2v) is 7.18. The molecular formula is C21H24ClF. The average Bonchev–Trinajstić information content (AvgIpc) is 2.60. The summed E-state index contributed by atoms with van der Waals surface area (Å²) in [6, 6.07) is 12.2. The van der Waals surface area contributed by atoms with Crippen LogP contribution in [0, 0.1) is 18.7 Å². The molecule has 1 aliphatic carbocycles. The maximum atomic E-state index is 14.0. The molecule has 0 saturated heterocycles. The largest absolute Gasteiger partial charge is 0.205 e. The predicted octanol–water partition coefficient (Wildman–Crippen LogP) is 7.14. The van der Waals surface area contributed by atoms with E-state index in [1.165, 1.54) is 37.7 Å². The van der Waals surface area contributed by atoms with E-state index in [1.54, 1.807) is 13.0 Å². The van der Waals surface area contributed by atoms with Crippen LogP contribution in [0.3, 0.4) is 0 Å². The molecule has 0 amide bonds. The molecule has 0 nitrogen and oxygen atoms in total. The zero-order valence-electron chi connectivity index (χ0n) is 13.9. The van der Waals surface area contributed by atoms with Crippen molar-refractivity contribution in [2.24, 2.45) is 5.92 Å². The van der Waals surface area contributed by atoms with Crippen molar-refractivity contribution in [1.82, 2.24) is 0 Å². The molecule has 0 radical (unpaired) electrons. The van der Waals surface area contributed by atoms with Crippen LogP contribution in [0.25, 0.3) is 11.1 Å². The molecule has 0 unspecified atom stereocenters. The second kappa shape index (κ2) is 7.05. The Hall–Kier alpha value is -1.34. The Kier molecular flexibility index (Phi) is 5.06. The summed E-state index contributed by atoms with van der Waals surface area (Å²) in [7, 11) is 0. The first kappa shape index (κ1) is 16.5. The molecular weight excluding hydrogens is 307 g/mol. The quantitative estimate of drug-likeness (QED) is 0.561. The Labute approximate surface area is 143 Å². The minimum atomic E-state index is -0.314. The van der Waals surface area contributed by atoms with E-state index in [1.807, 2.05) is 6.07 Å². The fourth-order valence-corrected chi connectivity index (χ4v) is 4.03. The first-order valence-electron chi connectivity index (χ1n) is 8.65. The van der Waals surface area contributed by atoms with Crippen LogP contribution in [0.15, 0.2) is 36.4 Å². The van der Waals surface area contributed by atoms with Crippen molar-refractivity contribution in [3.63, 3.8) is 0 Å². The molecule has 0 spiro atoms.